The second kappa shape index (κ2) is 11.3. The fourth-order valence-corrected chi connectivity index (χ4v) is 3.05. The summed E-state index contributed by atoms with van der Waals surface area (Å²) in [6, 6.07) is 6.29. The van der Waals surface area contributed by atoms with Crippen molar-refractivity contribution in [1.82, 2.24) is 9.80 Å². The van der Waals surface area contributed by atoms with Crippen LogP contribution in [0.1, 0.15) is 38.7 Å². The van der Waals surface area contributed by atoms with Gasteiger partial charge >= 0.3 is 0 Å². The van der Waals surface area contributed by atoms with Gasteiger partial charge in [-0.3, -0.25) is 4.90 Å². The highest BCUT2D eigenvalue weighted by Crippen LogP contribution is 2.27. The van der Waals surface area contributed by atoms with Gasteiger partial charge in [0.05, 0.1) is 13.2 Å². The van der Waals surface area contributed by atoms with Crippen LogP contribution in [0.4, 0.5) is 0 Å². The van der Waals surface area contributed by atoms with Crippen LogP contribution in [-0.4, -0.2) is 62.3 Å². The van der Waals surface area contributed by atoms with Gasteiger partial charge < -0.3 is 20.1 Å². The molecule has 0 spiro atoms. The van der Waals surface area contributed by atoms with E-state index >= 15 is 0 Å². The maximum Gasteiger partial charge on any atom is 0.127 e. The van der Waals surface area contributed by atoms with Crippen LogP contribution in [0, 0.1) is 0 Å². The molecule has 2 rings (SSSR count). The van der Waals surface area contributed by atoms with Crippen LogP contribution in [0.2, 0.25) is 0 Å². The predicted octanol–water partition coefficient (Wildman–Crippen LogP) is 2.73. The van der Waals surface area contributed by atoms with E-state index < -0.39 is 0 Å². The molecule has 0 bridgehead atoms. The van der Waals surface area contributed by atoms with Gasteiger partial charge in [0.1, 0.15) is 11.5 Å². The summed E-state index contributed by atoms with van der Waals surface area (Å²) in [5.41, 5.74) is 6.87. The molecule has 25 heavy (non-hydrogen) atoms. The van der Waals surface area contributed by atoms with E-state index in [2.05, 4.69) is 41.8 Å². The highest BCUT2D eigenvalue weighted by molar-refractivity contribution is 5.40. The Morgan fingerprint density at radius 1 is 0.960 bits per heavy atom. The first-order valence-electron chi connectivity index (χ1n) is 9.80. The van der Waals surface area contributed by atoms with Gasteiger partial charge in [-0.25, -0.2) is 0 Å². The second-order valence-corrected chi connectivity index (χ2v) is 6.73. The van der Waals surface area contributed by atoms with Gasteiger partial charge in [0, 0.05) is 44.4 Å². The largest absolute Gasteiger partial charge is 0.493 e. The molecule has 0 unspecified atom stereocenters. The summed E-state index contributed by atoms with van der Waals surface area (Å²) < 4.78 is 11.8. The molecule has 1 aliphatic heterocycles. The Morgan fingerprint density at radius 2 is 1.64 bits per heavy atom. The lowest BCUT2D eigenvalue weighted by Gasteiger charge is -2.35. The molecule has 0 aliphatic carbocycles. The third-order valence-electron chi connectivity index (χ3n) is 4.51. The first-order chi connectivity index (χ1) is 12.3. The van der Waals surface area contributed by atoms with Crippen molar-refractivity contribution in [2.45, 2.75) is 39.7 Å². The maximum atomic E-state index is 5.99. The van der Waals surface area contributed by atoms with E-state index in [1.54, 1.807) is 0 Å². The predicted molar refractivity (Wildman–Crippen MR) is 103 cm³/mol. The summed E-state index contributed by atoms with van der Waals surface area (Å²) in [5, 5.41) is 0. The third kappa shape index (κ3) is 6.84. The Hall–Kier alpha value is -1.30. The van der Waals surface area contributed by atoms with Crippen LogP contribution < -0.4 is 15.2 Å². The molecule has 5 heteroatoms. The molecule has 2 N–H and O–H groups in total. The van der Waals surface area contributed by atoms with Crippen LogP contribution >= 0.6 is 0 Å². The minimum absolute atomic E-state index is 0.747. The fourth-order valence-electron chi connectivity index (χ4n) is 3.05. The summed E-state index contributed by atoms with van der Waals surface area (Å²) in [4.78, 5) is 5.03. The van der Waals surface area contributed by atoms with E-state index in [-0.39, 0.29) is 0 Å². The number of nitrogens with zero attached hydrogens (tertiary/aromatic N) is 2. The van der Waals surface area contributed by atoms with Crippen LogP contribution in [-0.2, 0) is 6.54 Å². The molecule has 0 saturated carbocycles. The minimum atomic E-state index is 0.747. The monoisotopic (exact) mass is 349 g/mol. The maximum absolute atomic E-state index is 5.99. The SMILES string of the molecule is CCCOc1ccc(CN2CCN(CCCN)CC2)c(OCCC)c1. The molecule has 1 heterocycles. The first-order valence-corrected chi connectivity index (χ1v) is 9.80. The number of nitrogens with two attached hydrogens (primary N) is 1. The average molecular weight is 350 g/mol. The number of rotatable bonds is 11. The molecule has 0 atom stereocenters. The lowest BCUT2D eigenvalue weighted by molar-refractivity contribution is 0.125. The van der Waals surface area contributed by atoms with Crippen LogP contribution in [0.3, 0.4) is 0 Å². The summed E-state index contributed by atoms with van der Waals surface area (Å²) in [6.45, 7) is 13.1. The van der Waals surface area contributed by atoms with Crippen LogP contribution in [0.5, 0.6) is 11.5 Å². The summed E-state index contributed by atoms with van der Waals surface area (Å²) in [7, 11) is 0. The molecule has 1 aromatic rings. The Kier molecular flexibility index (Phi) is 9.08. The van der Waals surface area contributed by atoms with Gasteiger partial charge in [-0.15, -0.1) is 0 Å². The van der Waals surface area contributed by atoms with Crippen molar-refractivity contribution in [2.75, 3.05) is 52.5 Å². The molecule has 1 fully saturated rings. The van der Waals surface area contributed by atoms with Gasteiger partial charge in [0.15, 0.2) is 0 Å². The molecular weight excluding hydrogens is 314 g/mol. The van der Waals surface area contributed by atoms with Gasteiger partial charge in [0.2, 0.25) is 0 Å². The summed E-state index contributed by atoms with van der Waals surface area (Å²) in [5.74, 6) is 1.88. The normalized spacial score (nSPS) is 16.1. The van der Waals surface area contributed by atoms with E-state index in [4.69, 9.17) is 15.2 Å². The quantitative estimate of drug-likeness (QED) is 0.666. The van der Waals surface area contributed by atoms with Gasteiger partial charge in [-0.05, 0) is 38.4 Å². The molecule has 0 amide bonds. The van der Waals surface area contributed by atoms with Crippen LogP contribution in [0.25, 0.3) is 0 Å². The zero-order chi connectivity index (χ0) is 17.9. The van der Waals surface area contributed by atoms with Crippen molar-refractivity contribution < 1.29 is 9.47 Å². The molecule has 0 radical (unpaired) electrons. The van der Waals surface area contributed by atoms with Gasteiger partial charge in [-0.2, -0.15) is 0 Å². The lowest BCUT2D eigenvalue weighted by atomic mass is 10.1. The van der Waals surface area contributed by atoms with E-state index in [0.717, 1.165) is 89.8 Å². The zero-order valence-electron chi connectivity index (χ0n) is 16.0. The number of hydrogen-bond donors (Lipinski definition) is 1. The number of piperazine rings is 1. The first kappa shape index (κ1) is 20.0. The van der Waals surface area contributed by atoms with Gasteiger partial charge in [0.25, 0.3) is 0 Å². The standard InChI is InChI=1S/C20H35N3O2/c1-3-14-24-19-7-6-18(20(16-19)25-15-4-2)17-23-12-10-22(11-13-23)9-5-8-21/h6-7,16H,3-5,8-15,17,21H2,1-2H3. The molecular formula is C20H35N3O2. The van der Waals surface area contributed by atoms with Crippen molar-refractivity contribution in [3.8, 4) is 11.5 Å². The smallest absolute Gasteiger partial charge is 0.127 e. The molecule has 1 aliphatic rings. The highest BCUT2D eigenvalue weighted by atomic mass is 16.5. The molecule has 5 nitrogen and oxygen atoms in total. The van der Waals surface area contributed by atoms with Crippen LogP contribution in [0.15, 0.2) is 18.2 Å². The summed E-state index contributed by atoms with van der Waals surface area (Å²) in [6.07, 6.45) is 3.12. The highest BCUT2D eigenvalue weighted by Gasteiger charge is 2.18. The summed E-state index contributed by atoms with van der Waals surface area (Å²) >= 11 is 0. The number of benzene rings is 1. The van der Waals surface area contributed by atoms with Crippen molar-refractivity contribution in [1.29, 1.82) is 0 Å². The third-order valence-corrected chi connectivity index (χ3v) is 4.51. The Labute approximate surface area is 153 Å². The molecule has 1 aromatic carbocycles. The Morgan fingerprint density at radius 3 is 2.32 bits per heavy atom. The van der Waals surface area contributed by atoms with E-state index in [1.165, 1.54) is 5.56 Å². The Balaban J connectivity index is 1.93. The second-order valence-electron chi connectivity index (χ2n) is 6.73. The van der Waals surface area contributed by atoms with E-state index in [0.29, 0.717) is 0 Å². The topological polar surface area (TPSA) is 51.0 Å². The Bertz CT molecular complexity index is 488. The average Bonchev–Trinajstić information content (AvgIpc) is 2.65. The molecule has 1 saturated heterocycles. The van der Waals surface area contributed by atoms with Crippen molar-refractivity contribution in [3.63, 3.8) is 0 Å². The number of hydrogen-bond acceptors (Lipinski definition) is 5. The van der Waals surface area contributed by atoms with E-state index in [9.17, 15) is 0 Å². The van der Waals surface area contributed by atoms with Crippen molar-refractivity contribution in [3.05, 3.63) is 23.8 Å². The van der Waals surface area contributed by atoms with Crippen molar-refractivity contribution in [2.24, 2.45) is 5.73 Å². The zero-order valence-corrected chi connectivity index (χ0v) is 16.0. The van der Waals surface area contributed by atoms with Gasteiger partial charge in [-0.1, -0.05) is 19.9 Å². The van der Waals surface area contributed by atoms with Crippen molar-refractivity contribution >= 4 is 0 Å². The lowest BCUT2D eigenvalue weighted by Crippen LogP contribution is -2.46. The number of ether oxygens (including phenoxy) is 2. The fraction of sp³-hybridized carbons (Fsp3) is 0.700. The molecule has 142 valence electrons. The minimum Gasteiger partial charge on any atom is -0.493 e. The van der Waals surface area contributed by atoms with E-state index in [1.807, 2.05) is 0 Å². The molecule has 0 aromatic heterocycles.